The monoisotopic (exact) mass is 427 g/mol. The predicted octanol–water partition coefficient (Wildman–Crippen LogP) is 4.10. The Kier molecular flexibility index (Phi) is 8.64. The topological polar surface area (TPSA) is 96.0 Å². The number of hydrogen-bond donors (Lipinski definition) is 2. The van der Waals surface area contributed by atoms with Crippen molar-refractivity contribution < 1.29 is 14.1 Å². The molecule has 1 aliphatic rings. The first-order valence-corrected chi connectivity index (χ1v) is 11.6. The standard InChI is InChI=1S/C25H38N4O2/c1-19(2)13-17-29(16-8-12-22(29)23(27)30)24(31)28-15-9-14-25(18-26,20(3)4)21-10-6-5-7-11-21/h5-7,10-11,19-20,22H,8-9,12-17H2,1-4H3,(H2-,27,28,30,31)/p+1/t22?,25?,29-/m1/s1. The largest absolute Gasteiger partial charge is 0.417 e. The lowest BCUT2D eigenvalue weighted by Crippen LogP contribution is -2.64. The van der Waals surface area contributed by atoms with Gasteiger partial charge in [-0.2, -0.15) is 5.26 Å². The van der Waals surface area contributed by atoms with E-state index in [2.05, 4.69) is 39.1 Å². The molecule has 0 radical (unpaired) electrons. The second kappa shape index (κ2) is 10.8. The third-order valence-electron chi connectivity index (χ3n) is 6.97. The van der Waals surface area contributed by atoms with E-state index in [1.165, 1.54) is 0 Å². The maximum atomic E-state index is 13.3. The molecule has 6 heteroatoms. The lowest BCUT2D eigenvalue weighted by Gasteiger charge is -2.36. The van der Waals surface area contributed by atoms with E-state index < -0.39 is 11.5 Å². The molecule has 1 fully saturated rings. The summed E-state index contributed by atoms with van der Waals surface area (Å²) in [6.45, 7) is 10.2. The van der Waals surface area contributed by atoms with Crippen molar-refractivity contribution in [1.82, 2.24) is 5.32 Å². The third kappa shape index (κ3) is 5.46. The van der Waals surface area contributed by atoms with Crippen LogP contribution in [-0.4, -0.2) is 42.1 Å². The first-order valence-electron chi connectivity index (χ1n) is 11.6. The van der Waals surface area contributed by atoms with Crippen molar-refractivity contribution in [2.24, 2.45) is 17.6 Å². The number of likely N-dealkylation sites (tertiary alicyclic amines) is 1. The lowest BCUT2D eigenvalue weighted by atomic mass is 9.70. The molecule has 1 aromatic carbocycles. The second-order valence-electron chi connectivity index (χ2n) is 9.66. The van der Waals surface area contributed by atoms with Gasteiger partial charge in [0.1, 0.15) is 0 Å². The van der Waals surface area contributed by atoms with Gasteiger partial charge in [-0.1, -0.05) is 58.0 Å². The van der Waals surface area contributed by atoms with Crippen LogP contribution in [0.4, 0.5) is 4.79 Å². The number of carbonyl (C=O) groups is 2. The molecule has 3 atom stereocenters. The van der Waals surface area contributed by atoms with E-state index in [1.54, 1.807) is 0 Å². The minimum Gasteiger partial charge on any atom is -0.364 e. The Labute approximate surface area is 187 Å². The van der Waals surface area contributed by atoms with E-state index in [4.69, 9.17) is 5.73 Å². The van der Waals surface area contributed by atoms with Crippen molar-refractivity contribution in [1.29, 1.82) is 5.26 Å². The van der Waals surface area contributed by atoms with Crippen molar-refractivity contribution in [2.75, 3.05) is 19.6 Å². The second-order valence-corrected chi connectivity index (χ2v) is 9.66. The summed E-state index contributed by atoms with van der Waals surface area (Å²) >= 11 is 0. The van der Waals surface area contributed by atoms with Crippen molar-refractivity contribution in [3.63, 3.8) is 0 Å². The highest BCUT2D eigenvalue weighted by Crippen LogP contribution is 2.36. The van der Waals surface area contributed by atoms with Crippen LogP contribution < -0.4 is 11.1 Å². The van der Waals surface area contributed by atoms with Crippen molar-refractivity contribution in [2.45, 2.75) is 71.3 Å². The molecule has 0 bridgehead atoms. The number of amides is 3. The number of nitrogens with one attached hydrogen (secondary N) is 1. The highest BCUT2D eigenvalue weighted by molar-refractivity contribution is 5.82. The zero-order chi connectivity index (χ0) is 23.1. The van der Waals surface area contributed by atoms with Gasteiger partial charge in [-0.3, -0.25) is 4.79 Å². The smallest absolute Gasteiger partial charge is 0.364 e. The molecule has 2 unspecified atom stereocenters. The maximum absolute atomic E-state index is 13.3. The van der Waals surface area contributed by atoms with E-state index in [0.29, 0.717) is 44.8 Å². The third-order valence-corrected chi connectivity index (χ3v) is 6.97. The number of primary amides is 1. The predicted molar refractivity (Wildman–Crippen MR) is 123 cm³/mol. The van der Waals surface area contributed by atoms with E-state index in [1.807, 2.05) is 30.3 Å². The highest BCUT2D eigenvalue weighted by Gasteiger charge is 2.50. The number of nitriles is 1. The van der Waals surface area contributed by atoms with Gasteiger partial charge >= 0.3 is 6.03 Å². The van der Waals surface area contributed by atoms with Gasteiger partial charge < -0.3 is 11.1 Å². The zero-order valence-corrected chi connectivity index (χ0v) is 19.6. The van der Waals surface area contributed by atoms with Gasteiger partial charge in [-0.05, 0) is 36.7 Å². The number of quaternary nitrogens is 1. The molecule has 1 saturated heterocycles. The Morgan fingerprint density at radius 2 is 1.94 bits per heavy atom. The average Bonchev–Trinajstić information content (AvgIpc) is 3.18. The van der Waals surface area contributed by atoms with Crippen molar-refractivity contribution >= 4 is 11.9 Å². The van der Waals surface area contributed by atoms with Crippen LogP contribution in [-0.2, 0) is 10.2 Å². The molecule has 0 saturated carbocycles. The molecule has 1 aliphatic heterocycles. The quantitative estimate of drug-likeness (QED) is 0.434. The number of benzene rings is 1. The highest BCUT2D eigenvalue weighted by atomic mass is 16.2. The fourth-order valence-electron chi connectivity index (χ4n) is 4.93. The molecular weight excluding hydrogens is 388 g/mol. The van der Waals surface area contributed by atoms with Gasteiger partial charge in [0.25, 0.3) is 5.91 Å². The van der Waals surface area contributed by atoms with E-state index in [0.717, 1.165) is 18.4 Å². The van der Waals surface area contributed by atoms with Crippen molar-refractivity contribution in [3.05, 3.63) is 35.9 Å². The molecule has 3 N–H and O–H groups in total. The van der Waals surface area contributed by atoms with Gasteiger partial charge in [0, 0.05) is 19.4 Å². The minimum atomic E-state index is -0.584. The van der Waals surface area contributed by atoms with Crippen LogP contribution in [0.3, 0.4) is 0 Å². The molecule has 6 nitrogen and oxygen atoms in total. The summed E-state index contributed by atoms with van der Waals surface area (Å²) in [7, 11) is 0. The van der Waals surface area contributed by atoms with E-state index >= 15 is 0 Å². The molecular formula is C25H39N4O2+. The van der Waals surface area contributed by atoms with Crippen LogP contribution in [0.15, 0.2) is 30.3 Å². The first kappa shape index (κ1) is 24.9. The summed E-state index contributed by atoms with van der Waals surface area (Å²) in [6.07, 6.45) is 3.72. The van der Waals surface area contributed by atoms with Crippen LogP contribution in [0.25, 0.3) is 0 Å². The summed E-state index contributed by atoms with van der Waals surface area (Å²) in [5.41, 5.74) is 6.11. The van der Waals surface area contributed by atoms with Crippen LogP contribution in [0.1, 0.15) is 65.4 Å². The van der Waals surface area contributed by atoms with E-state index in [-0.39, 0.29) is 22.3 Å². The molecule has 0 aliphatic carbocycles. The Morgan fingerprint density at radius 1 is 1.26 bits per heavy atom. The number of carbonyl (C=O) groups excluding carboxylic acids is 2. The Hall–Kier alpha value is -2.39. The number of urea groups is 1. The van der Waals surface area contributed by atoms with Crippen LogP contribution in [0.2, 0.25) is 0 Å². The Morgan fingerprint density at radius 3 is 2.48 bits per heavy atom. The van der Waals surface area contributed by atoms with Gasteiger partial charge in [0.05, 0.1) is 24.6 Å². The number of rotatable bonds is 10. The minimum absolute atomic E-state index is 0.103. The molecule has 31 heavy (non-hydrogen) atoms. The summed E-state index contributed by atoms with van der Waals surface area (Å²) in [5, 5.41) is 13.1. The number of hydrogen-bond acceptors (Lipinski definition) is 3. The Balaban J connectivity index is 2.07. The van der Waals surface area contributed by atoms with Gasteiger partial charge in [-0.25, -0.2) is 9.28 Å². The number of nitrogens with zero attached hydrogens (tertiary/aromatic N) is 2. The lowest BCUT2D eigenvalue weighted by molar-refractivity contribution is -0.854. The molecule has 2 rings (SSSR count). The molecule has 0 spiro atoms. The first-order chi connectivity index (χ1) is 14.7. The van der Waals surface area contributed by atoms with Crippen molar-refractivity contribution in [3.8, 4) is 6.07 Å². The summed E-state index contributed by atoms with van der Waals surface area (Å²) < 4.78 is 0.125. The maximum Gasteiger partial charge on any atom is 0.417 e. The SMILES string of the molecule is CC(C)CC[N@+]1(C(=O)NCCCC(C#N)(c2ccccc2)C(C)C)CCCC1C(N)=O. The zero-order valence-electron chi connectivity index (χ0n) is 19.6. The van der Waals surface area contributed by atoms with Crippen LogP contribution >= 0.6 is 0 Å². The van der Waals surface area contributed by atoms with Crippen LogP contribution in [0, 0.1) is 23.2 Å². The van der Waals surface area contributed by atoms with Crippen LogP contribution in [0.5, 0.6) is 0 Å². The summed E-state index contributed by atoms with van der Waals surface area (Å²) in [6, 6.07) is 11.9. The molecule has 3 amide bonds. The fourth-order valence-corrected chi connectivity index (χ4v) is 4.93. The molecule has 170 valence electrons. The Bertz CT molecular complexity index is 786. The van der Waals surface area contributed by atoms with E-state index in [9.17, 15) is 14.9 Å². The average molecular weight is 428 g/mol. The van der Waals surface area contributed by atoms with Gasteiger partial charge in [0.15, 0.2) is 6.04 Å². The number of nitrogens with two attached hydrogens (primary N) is 1. The summed E-state index contributed by atoms with van der Waals surface area (Å²) in [4.78, 5) is 25.4. The molecule has 0 aromatic heterocycles. The fraction of sp³-hybridized carbons (Fsp3) is 0.640. The molecule has 1 aromatic rings. The molecule has 1 heterocycles. The normalized spacial score (nSPS) is 22.8. The van der Waals surface area contributed by atoms with Gasteiger partial charge in [0.2, 0.25) is 0 Å². The summed E-state index contributed by atoms with van der Waals surface area (Å²) in [5.74, 6) is 0.215. The van der Waals surface area contributed by atoms with Gasteiger partial charge in [-0.15, -0.1) is 0 Å².